The van der Waals surface area contributed by atoms with Crippen LogP contribution in [0.3, 0.4) is 0 Å². The lowest BCUT2D eigenvalue weighted by molar-refractivity contribution is -0.386. The number of nitro benzene ring substituents is 1. The van der Waals surface area contributed by atoms with Crippen LogP contribution in [0.15, 0.2) is 24.3 Å². The zero-order chi connectivity index (χ0) is 15.3. The van der Waals surface area contributed by atoms with Crippen molar-refractivity contribution in [1.29, 1.82) is 0 Å². The van der Waals surface area contributed by atoms with Crippen molar-refractivity contribution in [3.05, 3.63) is 39.9 Å². The second-order valence-electron chi connectivity index (χ2n) is 5.21. The van der Waals surface area contributed by atoms with Gasteiger partial charge >= 0.3 is 6.09 Å². The molecule has 1 atom stereocenters. The van der Waals surface area contributed by atoms with E-state index in [4.69, 9.17) is 4.74 Å². The molecule has 1 aromatic carbocycles. The lowest BCUT2D eigenvalue weighted by atomic mass is 10.1. The van der Waals surface area contributed by atoms with Crippen molar-refractivity contribution in [3.63, 3.8) is 0 Å². The van der Waals surface area contributed by atoms with Crippen LogP contribution in [-0.2, 0) is 4.74 Å². The maximum absolute atomic E-state index is 11.4. The van der Waals surface area contributed by atoms with Gasteiger partial charge in [0.15, 0.2) is 0 Å². The molecule has 0 aliphatic heterocycles. The highest BCUT2D eigenvalue weighted by molar-refractivity contribution is 5.67. The van der Waals surface area contributed by atoms with Crippen LogP contribution in [0.2, 0.25) is 0 Å². The van der Waals surface area contributed by atoms with E-state index in [9.17, 15) is 20.0 Å². The van der Waals surface area contributed by atoms with Gasteiger partial charge < -0.3 is 15.2 Å². The van der Waals surface area contributed by atoms with E-state index < -0.39 is 22.7 Å². The van der Waals surface area contributed by atoms with Gasteiger partial charge in [-0.2, -0.15) is 0 Å². The molecule has 1 aromatic rings. The molecule has 0 unspecified atom stereocenters. The van der Waals surface area contributed by atoms with Gasteiger partial charge in [-0.05, 0) is 26.8 Å². The van der Waals surface area contributed by atoms with Crippen LogP contribution in [0.5, 0.6) is 0 Å². The molecule has 0 heterocycles. The van der Waals surface area contributed by atoms with Gasteiger partial charge in [-0.15, -0.1) is 0 Å². The Labute approximate surface area is 116 Å². The lowest BCUT2D eigenvalue weighted by Crippen LogP contribution is -2.34. The van der Waals surface area contributed by atoms with E-state index in [-0.39, 0.29) is 17.8 Å². The molecule has 1 rings (SSSR count). The first kappa shape index (κ1) is 15.9. The van der Waals surface area contributed by atoms with Crippen LogP contribution in [0, 0.1) is 10.1 Å². The van der Waals surface area contributed by atoms with E-state index in [2.05, 4.69) is 5.32 Å². The normalized spacial score (nSPS) is 12.6. The molecule has 0 aliphatic carbocycles. The summed E-state index contributed by atoms with van der Waals surface area (Å²) in [7, 11) is 0. The van der Waals surface area contributed by atoms with Crippen molar-refractivity contribution in [3.8, 4) is 0 Å². The van der Waals surface area contributed by atoms with Crippen molar-refractivity contribution in [2.45, 2.75) is 32.5 Å². The number of hydrogen-bond acceptors (Lipinski definition) is 5. The number of ether oxygens (including phenoxy) is 1. The van der Waals surface area contributed by atoms with Gasteiger partial charge in [-0.25, -0.2) is 4.79 Å². The van der Waals surface area contributed by atoms with Crippen LogP contribution < -0.4 is 5.32 Å². The molecule has 0 spiro atoms. The standard InChI is InChI=1S/C13H18N2O5/c1-13(2,3)20-12(17)14-8-11(16)9-6-4-5-7-10(9)15(18)19/h4-7,11,16H,8H2,1-3H3,(H,14,17)/t11-/m1/s1. The molecule has 110 valence electrons. The second-order valence-corrected chi connectivity index (χ2v) is 5.21. The number of alkyl carbamates (subject to hydrolysis) is 1. The highest BCUT2D eigenvalue weighted by Crippen LogP contribution is 2.24. The lowest BCUT2D eigenvalue weighted by Gasteiger charge is -2.20. The molecule has 0 radical (unpaired) electrons. The van der Waals surface area contributed by atoms with Crippen molar-refractivity contribution >= 4 is 11.8 Å². The van der Waals surface area contributed by atoms with Crippen LogP contribution >= 0.6 is 0 Å². The summed E-state index contributed by atoms with van der Waals surface area (Å²) in [5, 5.41) is 23.1. The van der Waals surface area contributed by atoms with Crippen LogP contribution in [0.1, 0.15) is 32.4 Å². The monoisotopic (exact) mass is 282 g/mol. The first-order valence-electron chi connectivity index (χ1n) is 6.09. The summed E-state index contributed by atoms with van der Waals surface area (Å²) < 4.78 is 5.01. The van der Waals surface area contributed by atoms with E-state index in [0.29, 0.717) is 0 Å². The maximum atomic E-state index is 11.4. The van der Waals surface area contributed by atoms with Crippen LogP contribution in [0.25, 0.3) is 0 Å². The summed E-state index contributed by atoms with van der Waals surface area (Å²) >= 11 is 0. The first-order chi connectivity index (χ1) is 9.20. The average Bonchev–Trinajstić information content (AvgIpc) is 2.33. The highest BCUT2D eigenvalue weighted by atomic mass is 16.6. The Morgan fingerprint density at radius 1 is 1.45 bits per heavy atom. The Bertz CT molecular complexity index is 496. The zero-order valence-electron chi connectivity index (χ0n) is 11.6. The largest absolute Gasteiger partial charge is 0.444 e. The Hall–Kier alpha value is -2.15. The number of hydrogen-bond donors (Lipinski definition) is 2. The number of nitrogens with one attached hydrogen (secondary N) is 1. The highest BCUT2D eigenvalue weighted by Gasteiger charge is 2.21. The fourth-order valence-electron chi connectivity index (χ4n) is 1.54. The van der Waals surface area contributed by atoms with Crippen LogP contribution in [-0.4, -0.2) is 28.3 Å². The third kappa shape index (κ3) is 4.85. The molecule has 0 fully saturated rings. The number of carbonyl (C=O) groups excluding carboxylic acids is 1. The molecule has 0 aromatic heterocycles. The Morgan fingerprint density at radius 2 is 2.05 bits per heavy atom. The van der Waals surface area contributed by atoms with Gasteiger partial charge in [0.2, 0.25) is 0 Å². The summed E-state index contributed by atoms with van der Waals surface area (Å²) in [6.07, 6.45) is -1.86. The first-order valence-corrected chi connectivity index (χ1v) is 6.09. The summed E-state index contributed by atoms with van der Waals surface area (Å²) in [6, 6.07) is 5.83. The Kier molecular flexibility index (Phi) is 5.04. The van der Waals surface area contributed by atoms with E-state index in [1.54, 1.807) is 26.8 Å². The van der Waals surface area contributed by atoms with Gasteiger partial charge in [-0.1, -0.05) is 12.1 Å². The Balaban J connectivity index is 2.66. The summed E-state index contributed by atoms with van der Waals surface area (Å²) in [5.74, 6) is 0. The summed E-state index contributed by atoms with van der Waals surface area (Å²) in [5.41, 5.74) is -0.687. The van der Waals surface area contributed by atoms with E-state index in [0.717, 1.165) is 0 Å². The number of para-hydroxylation sites is 1. The molecular weight excluding hydrogens is 264 g/mol. The van der Waals surface area contributed by atoms with E-state index >= 15 is 0 Å². The number of carbonyl (C=O) groups is 1. The minimum Gasteiger partial charge on any atom is -0.444 e. The van der Waals surface area contributed by atoms with Crippen molar-refractivity contribution in [2.75, 3.05) is 6.54 Å². The molecule has 7 nitrogen and oxygen atoms in total. The summed E-state index contributed by atoms with van der Waals surface area (Å²) in [4.78, 5) is 21.7. The van der Waals surface area contributed by atoms with Gasteiger partial charge in [0.1, 0.15) is 11.7 Å². The quantitative estimate of drug-likeness (QED) is 0.650. The molecular formula is C13H18N2O5. The molecule has 2 N–H and O–H groups in total. The number of aliphatic hydroxyl groups excluding tert-OH is 1. The van der Waals surface area contributed by atoms with Gasteiger partial charge in [0.25, 0.3) is 5.69 Å². The number of nitrogens with zero attached hydrogens (tertiary/aromatic N) is 1. The zero-order valence-corrected chi connectivity index (χ0v) is 11.6. The predicted molar refractivity (Wildman–Crippen MR) is 72.3 cm³/mol. The fourth-order valence-corrected chi connectivity index (χ4v) is 1.54. The molecule has 1 amide bonds. The number of aliphatic hydroxyl groups is 1. The topological polar surface area (TPSA) is 102 Å². The average molecular weight is 282 g/mol. The van der Waals surface area contributed by atoms with Gasteiger partial charge in [-0.3, -0.25) is 10.1 Å². The minimum atomic E-state index is -1.18. The third-order valence-electron chi connectivity index (χ3n) is 2.33. The molecule has 0 saturated carbocycles. The number of nitro groups is 1. The number of benzene rings is 1. The molecule has 0 saturated heterocycles. The van der Waals surface area contributed by atoms with E-state index in [1.165, 1.54) is 18.2 Å². The predicted octanol–water partition coefficient (Wildman–Crippen LogP) is 2.15. The number of amides is 1. The van der Waals surface area contributed by atoms with Gasteiger partial charge in [0, 0.05) is 6.07 Å². The van der Waals surface area contributed by atoms with Crippen LogP contribution in [0.4, 0.5) is 10.5 Å². The van der Waals surface area contributed by atoms with Crippen molar-refractivity contribution in [2.24, 2.45) is 0 Å². The molecule has 20 heavy (non-hydrogen) atoms. The second kappa shape index (κ2) is 6.33. The summed E-state index contributed by atoms with van der Waals surface area (Å²) in [6.45, 7) is 4.97. The molecule has 0 bridgehead atoms. The maximum Gasteiger partial charge on any atom is 0.407 e. The Morgan fingerprint density at radius 3 is 2.60 bits per heavy atom. The fraction of sp³-hybridized carbons (Fsp3) is 0.462. The molecule has 0 aliphatic rings. The minimum absolute atomic E-state index is 0.147. The number of rotatable bonds is 4. The SMILES string of the molecule is CC(C)(C)OC(=O)NC[C@@H](O)c1ccccc1[N+](=O)[O-]. The van der Waals surface area contributed by atoms with Crippen molar-refractivity contribution < 1.29 is 19.6 Å². The van der Waals surface area contributed by atoms with Crippen molar-refractivity contribution in [1.82, 2.24) is 5.32 Å². The van der Waals surface area contributed by atoms with Gasteiger partial charge in [0.05, 0.1) is 17.0 Å². The van der Waals surface area contributed by atoms with E-state index in [1.807, 2.05) is 0 Å². The smallest absolute Gasteiger partial charge is 0.407 e. The molecule has 7 heteroatoms. The third-order valence-corrected chi connectivity index (χ3v) is 2.33.